The molecule has 1 unspecified atom stereocenters. The Labute approximate surface area is 80.3 Å². The molecule has 1 aliphatic carbocycles. The fraction of sp³-hybridized carbons (Fsp3) is 0.556. The molecule has 1 heterocycles. The average molecular weight is 230 g/mol. The van der Waals surface area contributed by atoms with Crippen molar-refractivity contribution in [2.24, 2.45) is 11.7 Å². The van der Waals surface area contributed by atoms with Gasteiger partial charge in [-0.1, -0.05) is 6.42 Å². The molecule has 1 aromatic rings. The molecule has 1 saturated carbocycles. The van der Waals surface area contributed by atoms with Gasteiger partial charge in [-0.3, -0.25) is 0 Å². The molecule has 0 radical (unpaired) electrons. The highest BCUT2D eigenvalue weighted by Gasteiger charge is 2.28. The summed E-state index contributed by atoms with van der Waals surface area (Å²) in [5, 5.41) is 0. The van der Waals surface area contributed by atoms with Gasteiger partial charge in [-0.25, -0.2) is 0 Å². The maximum Gasteiger partial charge on any atom is 0.134 e. The zero-order valence-electron chi connectivity index (χ0n) is 6.79. The smallest absolute Gasteiger partial charge is 0.134 e. The third kappa shape index (κ3) is 1.31. The Morgan fingerprint density at radius 3 is 2.75 bits per heavy atom. The second-order valence-electron chi connectivity index (χ2n) is 3.35. The summed E-state index contributed by atoms with van der Waals surface area (Å²) in [6, 6.07) is 1.98. The standard InChI is InChI=1S/C9H12BrNO/c10-7-4-5-12-9(7)8(11)6-2-1-3-6/h4-6,8H,1-3,11H2. The van der Waals surface area contributed by atoms with Gasteiger partial charge in [0.05, 0.1) is 16.8 Å². The second kappa shape index (κ2) is 3.23. The molecule has 0 amide bonds. The summed E-state index contributed by atoms with van der Waals surface area (Å²) in [6.07, 6.45) is 5.48. The van der Waals surface area contributed by atoms with Crippen molar-refractivity contribution < 1.29 is 4.42 Å². The Kier molecular flexibility index (Phi) is 2.24. The van der Waals surface area contributed by atoms with Gasteiger partial charge in [0, 0.05) is 0 Å². The highest BCUT2D eigenvalue weighted by atomic mass is 79.9. The van der Waals surface area contributed by atoms with Gasteiger partial charge in [0.15, 0.2) is 0 Å². The van der Waals surface area contributed by atoms with E-state index in [1.54, 1.807) is 6.26 Å². The summed E-state index contributed by atoms with van der Waals surface area (Å²) in [5.74, 6) is 1.53. The van der Waals surface area contributed by atoms with E-state index in [4.69, 9.17) is 10.2 Å². The predicted octanol–water partition coefficient (Wildman–Crippen LogP) is 2.84. The van der Waals surface area contributed by atoms with Gasteiger partial charge < -0.3 is 10.2 Å². The van der Waals surface area contributed by atoms with Crippen LogP contribution < -0.4 is 5.73 Å². The summed E-state index contributed by atoms with van der Waals surface area (Å²) in [7, 11) is 0. The Hall–Kier alpha value is -0.280. The van der Waals surface area contributed by atoms with Crippen LogP contribution >= 0.6 is 15.9 Å². The highest BCUT2D eigenvalue weighted by Crippen LogP contribution is 2.38. The maximum absolute atomic E-state index is 6.02. The number of halogens is 1. The zero-order chi connectivity index (χ0) is 8.55. The molecule has 0 aliphatic heterocycles. The number of hydrogen-bond donors (Lipinski definition) is 1. The van der Waals surface area contributed by atoms with Crippen LogP contribution in [0.15, 0.2) is 21.2 Å². The van der Waals surface area contributed by atoms with Gasteiger partial charge in [0.1, 0.15) is 5.76 Å². The highest BCUT2D eigenvalue weighted by molar-refractivity contribution is 9.10. The lowest BCUT2D eigenvalue weighted by molar-refractivity contribution is 0.240. The molecule has 66 valence electrons. The van der Waals surface area contributed by atoms with Crippen LogP contribution in [0.2, 0.25) is 0 Å². The van der Waals surface area contributed by atoms with Crippen molar-refractivity contribution in [2.45, 2.75) is 25.3 Å². The van der Waals surface area contributed by atoms with E-state index >= 15 is 0 Å². The van der Waals surface area contributed by atoms with E-state index in [-0.39, 0.29) is 6.04 Å². The minimum atomic E-state index is 0.0862. The molecular weight excluding hydrogens is 218 g/mol. The summed E-state index contributed by atoms with van der Waals surface area (Å²) < 4.78 is 6.31. The van der Waals surface area contributed by atoms with Crippen LogP contribution in [0.3, 0.4) is 0 Å². The second-order valence-corrected chi connectivity index (χ2v) is 4.20. The predicted molar refractivity (Wildman–Crippen MR) is 50.7 cm³/mol. The average Bonchev–Trinajstić information content (AvgIpc) is 2.31. The molecule has 0 saturated heterocycles. The molecule has 1 aliphatic rings. The van der Waals surface area contributed by atoms with Gasteiger partial charge in [-0.15, -0.1) is 0 Å². The molecular formula is C9H12BrNO. The van der Waals surface area contributed by atoms with Crippen molar-refractivity contribution in [3.63, 3.8) is 0 Å². The van der Waals surface area contributed by atoms with Crippen LogP contribution in [0, 0.1) is 5.92 Å². The van der Waals surface area contributed by atoms with Crippen LogP contribution in [0.1, 0.15) is 31.1 Å². The first-order chi connectivity index (χ1) is 5.79. The third-order valence-electron chi connectivity index (χ3n) is 2.61. The molecule has 2 nitrogen and oxygen atoms in total. The molecule has 1 atom stereocenters. The first-order valence-electron chi connectivity index (χ1n) is 4.27. The maximum atomic E-state index is 6.02. The molecule has 1 aromatic heterocycles. The van der Waals surface area contributed by atoms with Crippen molar-refractivity contribution in [1.29, 1.82) is 0 Å². The SMILES string of the molecule is NC(c1occc1Br)C1CCC1. The minimum absolute atomic E-state index is 0.0862. The molecule has 0 aromatic carbocycles. The normalized spacial score (nSPS) is 20.5. The largest absolute Gasteiger partial charge is 0.466 e. The molecule has 12 heavy (non-hydrogen) atoms. The fourth-order valence-electron chi connectivity index (χ4n) is 1.56. The zero-order valence-corrected chi connectivity index (χ0v) is 8.38. The van der Waals surface area contributed by atoms with Crippen molar-refractivity contribution in [2.75, 3.05) is 0 Å². The van der Waals surface area contributed by atoms with Crippen LogP contribution in [0.5, 0.6) is 0 Å². The van der Waals surface area contributed by atoms with E-state index in [2.05, 4.69) is 15.9 Å². The van der Waals surface area contributed by atoms with Crippen LogP contribution in [-0.2, 0) is 0 Å². The van der Waals surface area contributed by atoms with Crippen LogP contribution in [-0.4, -0.2) is 0 Å². The number of furan rings is 1. The van der Waals surface area contributed by atoms with Crippen molar-refractivity contribution in [3.8, 4) is 0 Å². The van der Waals surface area contributed by atoms with Gasteiger partial charge in [-0.2, -0.15) is 0 Å². The molecule has 3 heteroatoms. The topological polar surface area (TPSA) is 39.2 Å². The van der Waals surface area contributed by atoms with Crippen LogP contribution in [0.25, 0.3) is 0 Å². The van der Waals surface area contributed by atoms with E-state index < -0.39 is 0 Å². The van der Waals surface area contributed by atoms with Gasteiger partial charge >= 0.3 is 0 Å². The van der Waals surface area contributed by atoms with E-state index in [0.717, 1.165) is 10.2 Å². The van der Waals surface area contributed by atoms with Gasteiger partial charge in [-0.05, 0) is 40.8 Å². The Morgan fingerprint density at radius 2 is 2.33 bits per heavy atom. The molecule has 2 N–H and O–H groups in total. The molecule has 2 rings (SSSR count). The minimum Gasteiger partial charge on any atom is -0.466 e. The number of rotatable bonds is 2. The molecule has 1 fully saturated rings. The van der Waals surface area contributed by atoms with Gasteiger partial charge in [0.25, 0.3) is 0 Å². The van der Waals surface area contributed by atoms with E-state index in [9.17, 15) is 0 Å². The first-order valence-corrected chi connectivity index (χ1v) is 5.07. The van der Waals surface area contributed by atoms with E-state index in [0.29, 0.717) is 5.92 Å². The van der Waals surface area contributed by atoms with Gasteiger partial charge in [0.2, 0.25) is 0 Å². The van der Waals surface area contributed by atoms with Crippen molar-refractivity contribution in [3.05, 3.63) is 22.6 Å². The number of nitrogens with two attached hydrogens (primary N) is 1. The lowest BCUT2D eigenvalue weighted by Gasteiger charge is -2.30. The van der Waals surface area contributed by atoms with E-state index in [1.165, 1.54) is 19.3 Å². The van der Waals surface area contributed by atoms with Crippen molar-refractivity contribution >= 4 is 15.9 Å². The quantitative estimate of drug-likeness (QED) is 0.848. The Balaban J connectivity index is 2.13. The monoisotopic (exact) mass is 229 g/mol. The summed E-state index contributed by atoms with van der Waals surface area (Å²) >= 11 is 3.41. The Morgan fingerprint density at radius 1 is 1.58 bits per heavy atom. The summed E-state index contributed by atoms with van der Waals surface area (Å²) in [5.41, 5.74) is 6.02. The van der Waals surface area contributed by atoms with Crippen molar-refractivity contribution in [1.82, 2.24) is 0 Å². The lowest BCUT2D eigenvalue weighted by Crippen LogP contribution is -2.26. The lowest BCUT2D eigenvalue weighted by atomic mass is 9.79. The summed E-state index contributed by atoms with van der Waals surface area (Å²) in [4.78, 5) is 0. The Bertz CT molecular complexity index is 267. The number of hydrogen-bond acceptors (Lipinski definition) is 2. The fourth-order valence-corrected chi connectivity index (χ4v) is 2.02. The summed E-state index contributed by atoms with van der Waals surface area (Å²) in [6.45, 7) is 0. The first kappa shape index (κ1) is 8.32. The van der Waals surface area contributed by atoms with E-state index in [1.807, 2.05) is 6.07 Å². The van der Waals surface area contributed by atoms with Crippen LogP contribution in [0.4, 0.5) is 0 Å². The molecule has 0 spiro atoms. The third-order valence-corrected chi connectivity index (χ3v) is 3.26. The molecule has 0 bridgehead atoms.